The van der Waals surface area contributed by atoms with Crippen molar-refractivity contribution in [3.63, 3.8) is 0 Å². The Morgan fingerprint density at radius 3 is 2.73 bits per heavy atom. The second-order valence-electron chi connectivity index (χ2n) is 6.22. The van der Waals surface area contributed by atoms with Crippen LogP contribution in [0.15, 0.2) is 30.3 Å². The molecular weight excluding hydrogens is 390 g/mol. The lowest BCUT2D eigenvalue weighted by molar-refractivity contribution is -0.125. The Morgan fingerprint density at radius 1 is 1.33 bits per heavy atom. The number of nitrogen functional groups attached to an aromatic ring is 1. The van der Waals surface area contributed by atoms with Crippen LogP contribution in [0.25, 0.3) is 0 Å². The molecule has 1 atom stereocenters. The lowest BCUT2D eigenvalue weighted by Crippen LogP contribution is -2.41. The predicted octanol–water partition coefficient (Wildman–Crippen LogP) is -0.441. The first kappa shape index (κ1) is 22.2. The van der Waals surface area contributed by atoms with Crippen LogP contribution in [0.1, 0.15) is 21.6 Å². The monoisotopic (exact) mass is 411 g/mol. The van der Waals surface area contributed by atoms with Crippen LogP contribution in [-0.2, 0) is 16.1 Å². The topological polar surface area (TPSA) is 158 Å². The molecule has 6 N–H and O–H groups in total. The standard InChI is InChI=1S/C11H12N4O3.C9H9NO2/c1-13-8(11(18)14-6-16)3-2-7-9(17)4-5-10(12)15-7;1-10-5-6-2-3-7(11)4-8(6)9(10)12/h4-6,8,13,17H,1H3,(H2,12,15)(H,14,16,18);2-4,11H,5H2,1H3. The Bertz CT molecular complexity index is 1030. The minimum Gasteiger partial charge on any atom is -0.508 e. The quantitative estimate of drug-likeness (QED) is 0.336. The summed E-state index contributed by atoms with van der Waals surface area (Å²) in [6.45, 7) is 0.647. The van der Waals surface area contributed by atoms with Gasteiger partial charge in [0.2, 0.25) is 6.41 Å². The van der Waals surface area contributed by atoms with E-state index in [0.717, 1.165) is 5.56 Å². The molecule has 30 heavy (non-hydrogen) atoms. The number of fused-ring (bicyclic) bond motifs is 1. The van der Waals surface area contributed by atoms with Gasteiger partial charge >= 0.3 is 0 Å². The molecule has 0 fully saturated rings. The van der Waals surface area contributed by atoms with Gasteiger partial charge in [-0.3, -0.25) is 25.0 Å². The summed E-state index contributed by atoms with van der Waals surface area (Å²) >= 11 is 0. The van der Waals surface area contributed by atoms with Crippen molar-refractivity contribution in [3.05, 3.63) is 47.2 Å². The van der Waals surface area contributed by atoms with Crippen LogP contribution >= 0.6 is 0 Å². The highest BCUT2D eigenvalue weighted by Crippen LogP contribution is 2.24. The van der Waals surface area contributed by atoms with Gasteiger partial charge in [-0.15, -0.1) is 0 Å². The summed E-state index contributed by atoms with van der Waals surface area (Å²) in [6.07, 6.45) is 0.268. The maximum atomic E-state index is 11.4. The summed E-state index contributed by atoms with van der Waals surface area (Å²) in [7, 11) is 3.26. The molecule has 0 radical (unpaired) electrons. The number of pyridine rings is 1. The van der Waals surface area contributed by atoms with Gasteiger partial charge < -0.3 is 20.8 Å². The van der Waals surface area contributed by atoms with E-state index in [9.17, 15) is 19.5 Å². The third-order valence-corrected chi connectivity index (χ3v) is 4.06. The second-order valence-corrected chi connectivity index (χ2v) is 6.22. The number of hydrogen-bond acceptors (Lipinski definition) is 8. The van der Waals surface area contributed by atoms with E-state index >= 15 is 0 Å². The molecule has 3 rings (SSSR count). The van der Waals surface area contributed by atoms with Crippen molar-refractivity contribution in [2.45, 2.75) is 12.6 Å². The first-order chi connectivity index (χ1) is 14.3. The highest BCUT2D eigenvalue weighted by atomic mass is 16.3. The summed E-state index contributed by atoms with van der Waals surface area (Å²) in [4.78, 5) is 38.3. The normalized spacial score (nSPS) is 12.6. The number of carbonyl (C=O) groups excluding carboxylic acids is 3. The average molecular weight is 411 g/mol. The van der Waals surface area contributed by atoms with Crippen LogP contribution in [0.5, 0.6) is 11.5 Å². The molecular formula is C20H21N5O5. The van der Waals surface area contributed by atoms with Crippen molar-refractivity contribution in [2.75, 3.05) is 19.8 Å². The number of hydrogen-bond donors (Lipinski definition) is 5. The molecule has 2 heterocycles. The largest absolute Gasteiger partial charge is 0.508 e. The lowest BCUT2D eigenvalue weighted by Gasteiger charge is -2.05. The number of phenols is 1. The number of rotatable bonds is 3. The van der Waals surface area contributed by atoms with Gasteiger partial charge in [0.15, 0.2) is 5.69 Å². The van der Waals surface area contributed by atoms with Gasteiger partial charge in [-0.05, 0) is 42.8 Å². The smallest absolute Gasteiger partial charge is 0.255 e. The maximum Gasteiger partial charge on any atom is 0.255 e. The minimum absolute atomic E-state index is 0.0131. The zero-order valence-corrected chi connectivity index (χ0v) is 16.3. The molecule has 1 aliphatic rings. The molecule has 0 saturated carbocycles. The molecule has 3 amide bonds. The van der Waals surface area contributed by atoms with Gasteiger partial charge in [0, 0.05) is 19.2 Å². The number of nitrogens with two attached hydrogens (primary N) is 1. The number of nitrogens with one attached hydrogen (secondary N) is 2. The molecule has 156 valence electrons. The first-order valence-electron chi connectivity index (χ1n) is 8.72. The zero-order valence-electron chi connectivity index (χ0n) is 16.3. The number of imide groups is 1. The molecule has 0 saturated heterocycles. The van der Waals surface area contributed by atoms with Gasteiger partial charge in [-0.2, -0.15) is 0 Å². The highest BCUT2D eigenvalue weighted by Gasteiger charge is 2.24. The Morgan fingerprint density at radius 2 is 2.07 bits per heavy atom. The number of phenolic OH excluding ortho intramolecular Hbond substituents is 1. The van der Waals surface area contributed by atoms with E-state index in [1.54, 1.807) is 24.1 Å². The van der Waals surface area contributed by atoms with Crippen molar-refractivity contribution >= 4 is 24.0 Å². The third-order valence-electron chi connectivity index (χ3n) is 4.06. The van der Waals surface area contributed by atoms with Gasteiger partial charge in [0.25, 0.3) is 11.8 Å². The second kappa shape index (κ2) is 9.90. The van der Waals surface area contributed by atoms with Crippen LogP contribution < -0.4 is 16.4 Å². The Labute approximate surface area is 172 Å². The Hall–Kier alpha value is -4.10. The molecule has 0 bridgehead atoms. The number of amides is 3. The Kier molecular flexibility index (Phi) is 7.32. The molecule has 2 aromatic rings. The van der Waals surface area contributed by atoms with E-state index in [1.165, 1.54) is 25.2 Å². The molecule has 10 nitrogen and oxygen atoms in total. The van der Waals surface area contributed by atoms with E-state index in [4.69, 9.17) is 10.8 Å². The van der Waals surface area contributed by atoms with E-state index in [-0.39, 0.29) is 35.3 Å². The van der Waals surface area contributed by atoms with Gasteiger partial charge in [0.1, 0.15) is 23.4 Å². The number of likely N-dealkylation sites (N-methyl/N-ethyl adjacent to an activating group) is 1. The van der Waals surface area contributed by atoms with Crippen molar-refractivity contribution in [2.24, 2.45) is 0 Å². The van der Waals surface area contributed by atoms with E-state index in [1.807, 2.05) is 5.32 Å². The summed E-state index contributed by atoms with van der Waals surface area (Å²) in [5.74, 6) is 4.65. The number of anilines is 1. The van der Waals surface area contributed by atoms with Gasteiger partial charge in [-0.1, -0.05) is 12.0 Å². The van der Waals surface area contributed by atoms with Crippen LogP contribution in [-0.4, -0.2) is 58.5 Å². The molecule has 0 aliphatic carbocycles. The summed E-state index contributed by atoms with van der Waals surface area (Å²) < 4.78 is 0. The fourth-order valence-corrected chi connectivity index (χ4v) is 2.54. The summed E-state index contributed by atoms with van der Waals surface area (Å²) in [5.41, 5.74) is 7.12. The zero-order chi connectivity index (χ0) is 22.3. The van der Waals surface area contributed by atoms with Crippen LogP contribution in [0.4, 0.5) is 5.82 Å². The van der Waals surface area contributed by atoms with Gasteiger partial charge in [0.05, 0.1) is 0 Å². The SMILES string of the molecule is CN1Cc2ccc(O)cc2C1=O.CNC(C#Cc1nc(N)ccc1O)C(=O)NC=O. The maximum absolute atomic E-state index is 11.4. The van der Waals surface area contributed by atoms with E-state index < -0.39 is 11.9 Å². The lowest BCUT2D eigenvalue weighted by atomic mass is 10.1. The molecule has 1 aromatic carbocycles. The number of aromatic nitrogens is 1. The van der Waals surface area contributed by atoms with E-state index in [0.29, 0.717) is 12.1 Å². The number of benzene rings is 1. The third kappa shape index (κ3) is 5.46. The van der Waals surface area contributed by atoms with Crippen molar-refractivity contribution in [1.82, 2.24) is 20.5 Å². The molecule has 1 aromatic heterocycles. The molecule has 1 aliphatic heterocycles. The van der Waals surface area contributed by atoms with Crippen molar-refractivity contribution in [1.29, 1.82) is 0 Å². The highest BCUT2D eigenvalue weighted by molar-refractivity contribution is 5.98. The average Bonchev–Trinajstić information content (AvgIpc) is 2.99. The summed E-state index contributed by atoms with van der Waals surface area (Å²) in [5, 5.41) is 23.2. The first-order valence-corrected chi connectivity index (χ1v) is 8.72. The number of nitrogens with zero attached hydrogens (tertiary/aromatic N) is 2. The van der Waals surface area contributed by atoms with E-state index in [2.05, 4.69) is 22.1 Å². The van der Waals surface area contributed by atoms with Crippen molar-refractivity contribution in [3.8, 4) is 23.3 Å². The minimum atomic E-state index is -0.891. The summed E-state index contributed by atoms with van der Waals surface area (Å²) in [6, 6.07) is 6.79. The number of aromatic hydroxyl groups is 2. The van der Waals surface area contributed by atoms with Crippen molar-refractivity contribution < 1.29 is 24.6 Å². The fraction of sp³-hybridized carbons (Fsp3) is 0.200. The van der Waals surface area contributed by atoms with Crippen LogP contribution in [0.2, 0.25) is 0 Å². The Balaban J connectivity index is 0.000000230. The molecule has 1 unspecified atom stereocenters. The van der Waals surface area contributed by atoms with Crippen LogP contribution in [0, 0.1) is 11.8 Å². The predicted molar refractivity (Wildman–Crippen MR) is 108 cm³/mol. The van der Waals surface area contributed by atoms with Crippen LogP contribution in [0.3, 0.4) is 0 Å². The number of carbonyl (C=O) groups is 3. The van der Waals surface area contributed by atoms with Gasteiger partial charge in [-0.25, -0.2) is 4.98 Å². The molecule has 10 heteroatoms. The molecule has 0 spiro atoms. The fourth-order valence-electron chi connectivity index (χ4n) is 2.54.